The number of urea groups is 1. The van der Waals surface area contributed by atoms with E-state index < -0.39 is 40.8 Å². The van der Waals surface area contributed by atoms with Gasteiger partial charge in [-0.2, -0.15) is 27.8 Å². The zero-order valence-electron chi connectivity index (χ0n) is 34.6. The summed E-state index contributed by atoms with van der Waals surface area (Å²) in [5, 5.41) is 19.9. The van der Waals surface area contributed by atoms with Gasteiger partial charge in [0.15, 0.2) is 5.69 Å². The van der Waals surface area contributed by atoms with Gasteiger partial charge in [-0.25, -0.2) is 9.78 Å². The van der Waals surface area contributed by atoms with Gasteiger partial charge in [0.05, 0.1) is 47.6 Å². The summed E-state index contributed by atoms with van der Waals surface area (Å²) in [6.45, 7) is 10.3. The molecule has 61 heavy (non-hydrogen) atoms. The second-order valence-corrected chi connectivity index (χ2v) is 17.8. The Morgan fingerprint density at radius 1 is 1.08 bits per heavy atom. The van der Waals surface area contributed by atoms with Gasteiger partial charge in [0.2, 0.25) is 17.7 Å². The fourth-order valence-electron chi connectivity index (χ4n) is 9.19. The Balaban J connectivity index is 0.871. The number of aromatic nitrogens is 3. The number of alkyl halides is 3. The number of imide groups is 2. The Labute approximate surface area is 355 Å². The lowest BCUT2D eigenvalue weighted by molar-refractivity contribution is -0.138. The van der Waals surface area contributed by atoms with E-state index in [0.717, 1.165) is 35.0 Å². The van der Waals surface area contributed by atoms with Crippen molar-refractivity contribution < 1.29 is 41.9 Å². The van der Waals surface area contributed by atoms with Gasteiger partial charge < -0.3 is 15.0 Å². The van der Waals surface area contributed by atoms with Crippen LogP contribution in [-0.2, 0) is 37.1 Å². The van der Waals surface area contributed by atoms with E-state index in [1.165, 1.54) is 11.0 Å². The number of pyridine rings is 1. The topological polar surface area (TPSA) is 186 Å². The maximum Gasteiger partial charge on any atom is 0.419 e. The number of carbonyl (C=O) groups is 5. The van der Waals surface area contributed by atoms with Crippen LogP contribution in [0.15, 0.2) is 35.4 Å². The van der Waals surface area contributed by atoms with Gasteiger partial charge in [0, 0.05) is 79.7 Å². The molecule has 3 saturated heterocycles. The molecule has 1 unspecified atom stereocenters. The summed E-state index contributed by atoms with van der Waals surface area (Å²) >= 11 is 0.569. The van der Waals surface area contributed by atoms with E-state index in [0.29, 0.717) is 74.1 Å². The highest BCUT2D eigenvalue weighted by Crippen LogP contribution is 2.42. The summed E-state index contributed by atoms with van der Waals surface area (Å²) < 4.78 is 49.5. The number of anilines is 1. The zero-order valence-corrected chi connectivity index (χ0v) is 35.4. The number of aryl methyl sites for hydroxylation is 1. The van der Waals surface area contributed by atoms with Crippen LogP contribution in [0.1, 0.15) is 89.1 Å². The number of nitrogens with zero attached hydrogens (tertiary/aromatic N) is 8. The lowest BCUT2D eigenvalue weighted by Gasteiger charge is -2.44. The number of amides is 6. The van der Waals surface area contributed by atoms with Crippen LogP contribution in [0.25, 0.3) is 10.9 Å². The normalized spacial score (nSPS) is 25.3. The molecule has 1 saturated carbocycles. The second kappa shape index (κ2) is 17.3. The standard InChI is InChI=1S/C41H49F3N10O6S/c1-23-20-51(21-24(2)52(23)22-34(56)47-31-8-6-7-28-35(49-50(5)36(28)31)29-13-14-33(55)48-37(29)57)15-16-60-26-11-9-25(10-12-26)53-39(59)54(38(58)40(53,3)4)61-27-17-30(41(42,43)44)32(18-45)46-19-27/h6-8,17,19,23-26,29H,9-16,20-22H2,1-5H3,(H,47,56)(H,48,55,57)/t23-,24+,25?,26?,29?. The van der Waals surface area contributed by atoms with Crippen LogP contribution >= 0.6 is 11.9 Å². The maximum absolute atomic E-state index is 13.6. The molecule has 20 heteroatoms. The lowest BCUT2D eigenvalue weighted by Crippen LogP contribution is -2.58. The lowest BCUT2D eigenvalue weighted by atomic mass is 9.89. The molecule has 326 valence electrons. The predicted molar refractivity (Wildman–Crippen MR) is 217 cm³/mol. The molecule has 16 nitrogen and oxygen atoms in total. The Hall–Kier alpha value is -5.10. The van der Waals surface area contributed by atoms with E-state index in [1.807, 2.05) is 18.2 Å². The number of nitriles is 1. The molecule has 2 N–H and O–H groups in total. The Morgan fingerprint density at radius 2 is 1.79 bits per heavy atom. The number of rotatable bonds is 11. The Kier molecular flexibility index (Phi) is 12.5. The smallest absolute Gasteiger partial charge is 0.377 e. The van der Waals surface area contributed by atoms with Crippen LogP contribution in [-0.4, -0.2) is 126 Å². The van der Waals surface area contributed by atoms with Gasteiger partial charge in [-0.05, 0) is 71.9 Å². The molecule has 0 radical (unpaired) electrons. The highest BCUT2D eigenvalue weighted by molar-refractivity contribution is 7.98. The van der Waals surface area contributed by atoms with Gasteiger partial charge in [0.1, 0.15) is 11.6 Å². The monoisotopic (exact) mass is 866 g/mol. The van der Waals surface area contributed by atoms with Crippen LogP contribution in [0.3, 0.4) is 0 Å². The van der Waals surface area contributed by atoms with Crippen molar-refractivity contribution in [3.63, 3.8) is 0 Å². The van der Waals surface area contributed by atoms with Crippen molar-refractivity contribution in [2.24, 2.45) is 7.05 Å². The largest absolute Gasteiger partial charge is 0.419 e. The number of nitrogens with one attached hydrogen (secondary N) is 2. The van der Waals surface area contributed by atoms with Crippen molar-refractivity contribution in [1.82, 2.24) is 39.1 Å². The van der Waals surface area contributed by atoms with Gasteiger partial charge in [-0.1, -0.05) is 12.1 Å². The first-order chi connectivity index (χ1) is 28.9. The number of piperazine rings is 1. The first-order valence-electron chi connectivity index (χ1n) is 20.4. The van der Waals surface area contributed by atoms with Crippen LogP contribution in [0.4, 0.5) is 23.7 Å². The van der Waals surface area contributed by atoms with Gasteiger partial charge >= 0.3 is 12.2 Å². The molecule has 6 amide bonds. The first-order valence-corrected chi connectivity index (χ1v) is 21.2. The van der Waals surface area contributed by atoms with Crippen molar-refractivity contribution in [3.05, 3.63) is 47.4 Å². The van der Waals surface area contributed by atoms with Gasteiger partial charge in [-0.3, -0.25) is 39.0 Å². The molecule has 1 aromatic carbocycles. The molecule has 0 spiro atoms. The molecule has 0 bridgehead atoms. The van der Waals surface area contributed by atoms with Crippen molar-refractivity contribution in [3.8, 4) is 6.07 Å². The van der Waals surface area contributed by atoms with Crippen LogP contribution < -0.4 is 10.6 Å². The molecule has 5 heterocycles. The fourth-order valence-corrected chi connectivity index (χ4v) is 10.1. The van der Waals surface area contributed by atoms with Crippen LogP contribution in [0, 0.1) is 11.3 Å². The van der Waals surface area contributed by atoms with E-state index in [-0.39, 0.29) is 59.8 Å². The summed E-state index contributed by atoms with van der Waals surface area (Å²) in [5.41, 5.74) is -1.37. The quantitative estimate of drug-likeness (QED) is 0.153. The zero-order chi connectivity index (χ0) is 44.0. The Bertz CT molecular complexity index is 2260. The molecule has 4 fully saturated rings. The van der Waals surface area contributed by atoms with E-state index >= 15 is 0 Å². The molecule has 4 aliphatic rings. The molecular formula is C41H49F3N10O6S. The maximum atomic E-state index is 13.6. The van der Waals surface area contributed by atoms with Crippen LogP contribution in [0.5, 0.6) is 0 Å². The number of fused-ring (bicyclic) bond motifs is 1. The van der Waals surface area contributed by atoms with Gasteiger partial charge in [-0.15, -0.1) is 0 Å². The number of carbonyl (C=O) groups excluding carboxylic acids is 5. The van der Waals surface area contributed by atoms with Crippen LogP contribution in [0.2, 0.25) is 0 Å². The summed E-state index contributed by atoms with van der Waals surface area (Å²) in [6.07, 6.45) is -0.686. The first kappa shape index (κ1) is 44.0. The summed E-state index contributed by atoms with van der Waals surface area (Å²) in [6, 6.07) is 6.96. The Morgan fingerprint density at radius 3 is 2.44 bits per heavy atom. The van der Waals surface area contributed by atoms with Crippen molar-refractivity contribution in [2.45, 2.75) is 113 Å². The average Bonchev–Trinajstić information content (AvgIpc) is 3.62. The molecule has 3 atom stereocenters. The second-order valence-electron chi connectivity index (χ2n) is 16.8. The third kappa shape index (κ3) is 8.97. The molecule has 7 rings (SSSR count). The average molecular weight is 867 g/mol. The molecule has 3 aromatic rings. The van der Waals surface area contributed by atoms with E-state index in [9.17, 15) is 37.1 Å². The van der Waals surface area contributed by atoms with E-state index in [2.05, 4.69) is 44.4 Å². The fraction of sp³-hybridized carbons (Fsp3) is 0.561. The highest BCUT2D eigenvalue weighted by Gasteiger charge is 2.55. The number of benzene rings is 1. The number of hydrogen-bond donors (Lipinski definition) is 2. The van der Waals surface area contributed by atoms with Crippen molar-refractivity contribution in [2.75, 3.05) is 38.1 Å². The SMILES string of the molecule is C[C@@H]1CN(CCOC2CCC(N3C(=O)N(Sc4cnc(C#N)c(C(F)(F)F)c4)C(=O)C3(C)C)CC2)C[C@H](C)N1CC(=O)Nc1cccc2c(C3CCC(=O)NC3=O)nn(C)c12. The molecule has 1 aliphatic carbocycles. The van der Waals surface area contributed by atoms with Gasteiger partial charge in [0.25, 0.3) is 5.91 Å². The van der Waals surface area contributed by atoms with E-state index in [4.69, 9.17) is 10.00 Å². The molecular weight excluding hydrogens is 818 g/mol. The minimum atomic E-state index is -4.83. The third-order valence-corrected chi connectivity index (χ3v) is 13.1. The molecule has 3 aliphatic heterocycles. The summed E-state index contributed by atoms with van der Waals surface area (Å²) in [5.74, 6) is -1.93. The number of piperidine rings is 1. The number of hydrogen-bond acceptors (Lipinski definition) is 12. The summed E-state index contributed by atoms with van der Waals surface area (Å²) in [4.78, 5) is 74.4. The third-order valence-electron chi connectivity index (χ3n) is 12.2. The highest BCUT2D eigenvalue weighted by atomic mass is 32.2. The van der Waals surface area contributed by atoms with Crippen molar-refractivity contribution >= 4 is 58.2 Å². The van der Waals surface area contributed by atoms with Crippen molar-refractivity contribution in [1.29, 1.82) is 5.26 Å². The molecule has 2 aromatic heterocycles. The van der Waals surface area contributed by atoms with E-state index in [1.54, 1.807) is 25.6 Å². The number of ether oxygens (including phenoxy) is 1. The minimum absolute atomic E-state index is 0.0347. The number of para-hydroxylation sites is 1. The predicted octanol–water partition coefficient (Wildman–Crippen LogP) is 4.79. The minimum Gasteiger partial charge on any atom is -0.377 e. The summed E-state index contributed by atoms with van der Waals surface area (Å²) in [7, 11) is 1.77. The number of halogens is 3.